The molecule has 0 amide bonds. The molecule has 0 aliphatic carbocycles. The summed E-state index contributed by atoms with van der Waals surface area (Å²) >= 11 is 0. The van der Waals surface area contributed by atoms with Gasteiger partial charge in [0.2, 0.25) is 0 Å². The minimum Gasteiger partial charge on any atom is -0.209 e. The molecule has 2 aromatic carbocycles. The molecule has 25 heavy (non-hydrogen) atoms. The van der Waals surface area contributed by atoms with Crippen LogP contribution in [0.5, 0.6) is 0 Å². The van der Waals surface area contributed by atoms with Gasteiger partial charge >= 0.3 is 0 Å². The predicted molar refractivity (Wildman–Crippen MR) is 107 cm³/mol. The molecule has 0 heterocycles. The minimum atomic E-state index is 0.855. The lowest BCUT2D eigenvalue weighted by atomic mass is 10.2. The maximum absolute atomic E-state index is 5.75. The van der Waals surface area contributed by atoms with E-state index in [1.54, 1.807) is 0 Å². The first-order valence-electron chi connectivity index (χ1n) is 8.77. The molecule has 3 heteroatoms. The number of benzene rings is 2. The van der Waals surface area contributed by atoms with E-state index in [2.05, 4.69) is 72.8 Å². The van der Waals surface area contributed by atoms with Crippen LogP contribution in [0.25, 0.3) is 12.2 Å². The summed E-state index contributed by atoms with van der Waals surface area (Å²) in [6, 6.07) is 20.7. The van der Waals surface area contributed by atoms with Crippen molar-refractivity contribution in [3.8, 4) is 0 Å². The number of nitrogens with zero attached hydrogens (tertiary/aromatic N) is 2. The second-order valence-electron chi connectivity index (χ2n) is 5.99. The Bertz CT molecular complexity index is 580. The summed E-state index contributed by atoms with van der Waals surface area (Å²) in [5, 5.41) is 3.74. The van der Waals surface area contributed by atoms with Crippen LogP contribution >= 0.6 is 0 Å². The molecule has 0 radical (unpaired) electrons. The zero-order valence-corrected chi connectivity index (χ0v) is 15.2. The highest BCUT2D eigenvalue weighted by atomic mass is 16.8. The smallest absolute Gasteiger partial charge is 0.0291 e. The van der Waals surface area contributed by atoms with E-state index in [4.69, 9.17) is 4.94 Å². The van der Waals surface area contributed by atoms with Crippen molar-refractivity contribution in [2.75, 3.05) is 27.2 Å². The second-order valence-corrected chi connectivity index (χ2v) is 5.99. The molecule has 2 rings (SSSR count). The maximum Gasteiger partial charge on any atom is 0.0291 e. The number of hydrogen-bond acceptors (Lipinski definition) is 3. The Hall–Kier alpha value is -2.20. The van der Waals surface area contributed by atoms with Gasteiger partial charge in [0, 0.05) is 27.2 Å². The van der Waals surface area contributed by atoms with Crippen molar-refractivity contribution in [1.29, 1.82) is 0 Å². The second kappa shape index (κ2) is 11.4. The van der Waals surface area contributed by atoms with Gasteiger partial charge < -0.3 is 0 Å². The fourth-order valence-corrected chi connectivity index (χ4v) is 2.40. The summed E-state index contributed by atoms with van der Waals surface area (Å²) in [6.45, 7) is 1.71. The lowest BCUT2D eigenvalue weighted by Gasteiger charge is -2.22. The normalized spacial score (nSPS) is 12.0. The molecule has 0 aromatic heterocycles. The summed E-state index contributed by atoms with van der Waals surface area (Å²) in [4.78, 5) is 5.75. The zero-order chi connectivity index (χ0) is 17.7. The number of hydrogen-bond donors (Lipinski definition) is 0. The SMILES string of the molecule is CN(CCC=Cc1ccccc1)ON(C)CCC=Cc1ccccc1. The Kier molecular flexibility index (Phi) is 8.70. The van der Waals surface area contributed by atoms with Crippen molar-refractivity contribution in [3.05, 3.63) is 83.9 Å². The number of hydroxylamine groups is 4. The molecule has 0 fully saturated rings. The van der Waals surface area contributed by atoms with Gasteiger partial charge in [0.1, 0.15) is 0 Å². The molecule has 0 saturated heterocycles. The van der Waals surface area contributed by atoms with Crippen LogP contribution in [0.1, 0.15) is 24.0 Å². The predicted octanol–water partition coefficient (Wildman–Crippen LogP) is 4.90. The first kappa shape index (κ1) is 19.1. The van der Waals surface area contributed by atoms with Gasteiger partial charge in [0.05, 0.1) is 0 Å². The average Bonchev–Trinajstić information content (AvgIpc) is 2.64. The Morgan fingerprint density at radius 3 is 1.48 bits per heavy atom. The van der Waals surface area contributed by atoms with Crippen LogP contribution in [0.15, 0.2) is 72.8 Å². The first-order chi connectivity index (χ1) is 12.2. The van der Waals surface area contributed by atoms with E-state index in [1.807, 2.05) is 36.4 Å². The van der Waals surface area contributed by atoms with Crippen LogP contribution in [0.2, 0.25) is 0 Å². The summed E-state index contributed by atoms with van der Waals surface area (Å²) in [5.74, 6) is 0. The van der Waals surface area contributed by atoms with Crippen molar-refractivity contribution in [3.63, 3.8) is 0 Å². The summed E-state index contributed by atoms with van der Waals surface area (Å²) in [5.41, 5.74) is 2.46. The van der Waals surface area contributed by atoms with Crippen molar-refractivity contribution in [2.24, 2.45) is 0 Å². The van der Waals surface area contributed by atoms with Crippen LogP contribution in [0.4, 0.5) is 0 Å². The van der Waals surface area contributed by atoms with Crippen LogP contribution in [0, 0.1) is 0 Å². The van der Waals surface area contributed by atoms with E-state index in [9.17, 15) is 0 Å². The molecule has 0 bridgehead atoms. The molecule has 3 nitrogen and oxygen atoms in total. The molecule has 132 valence electrons. The Labute approximate surface area is 151 Å². The minimum absolute atomic E-state index is 0.855. The third-order valence-electron chi connectivity index (χ3n) is 3.72. The van der Waals surface area contributed by atoms with Crippen molar-refractivity contribution in [1.82, 2.24) is 10.1 Å². The van der Waals surface area contributed by atoms with E-state index in [-0.39, 0.29) is 0 Å². The molecule has 2 aromatic rings. The molecule has 0 saturated carbocycles. The Morgan fingerprint density at radius 1 is 0.680 bits per heavy atom. The van der Waals surface area contributed by atoms with E-state index in [0.717, 1.165) is 25.9 Å². The molecular formula is C22H28N2O. The summed E-state index contributed by atoms with van der Waals surface area (Å²) < 4.78 is 0. The van der Waals surface area contributed by atoms with Gasteiger partial charge in [-0.3, -0.25) is 0 Å². The first-order valence-corrected chi connectivity index (χ1v) is 8.77. The number of rotatable bonds is 10. The van der Waals surface area contributed by atoms with Crippen molar-refractivity contribution in [2.45, 2.75) is 12.8 Å². The molecule has 0 aliphatic rings. The van der Waals surface area contributed by atoms with Gasteiger partial charge in [-0.25, -0.2) is 4.94 Å². The molecule has 0 spiro atoms. The zero-order valence-electron chi connectivity index (χ0n) is 15.2. The molecular weight excluding hydrogens is 308 g/mol. The van der Waals surface area contributed by atoms with Gasteiger partial charge in [0.15, 0.2) is 0 Å². The van der Waals surface area contributed by atoms with Crippen molar-refractivity contribution >= 4 is 12.2 Å². The third-order valence-corrected chi connectivity index (χ3v) is 3.72. The van der Waals surface area contributed by atoms with Gasteiger partial charge in [-0.05, 0) is 24.0 Å². The topological polar surface area (TPSA) is 15.7 Å². The maximum atomic E-state index is 5.75. The van der Waals surface area contributed by atoms with Crippen LogP contribution in [-0.2, 0) is 4.94 Å². The van der Waals surface area contributed by atoms with Crippen LogP contribution < -0.4 is 0 Å². The molecule has 0 N–H and O–H groups in total. The lowest BCUT2D eigenvalue weighted by molar-refractivity contribution is -0.303. The highest BCUT2D eigenvalue weighted by Crippen LogP contribution is 2.04. The molecule has 0 atom stereocenters. The van der Waals surface area contributed by atoms with Gasteiger partial charge in [-0.2, -0.15) is 10.1 Å². The molecule has 0 unspecified atom stereocenters. The van der Waals surface area contributed by atoms with E-state index >= 15 is 0 Å². The Morgan fingerprint density at radius 2 is 1.08 bits per heavy atom. The fourth-order valence-electron chi connectivity index (χ4n) is 2.40. The van der Waals surface area contributed by atoms with Gasteiger partial charge in [-0.1, -0.05) is 85.0 Å². The molecule has 0 aliphatic heterocycles. The summed E-state index contributed by atoms with van der Waals surface area (Å²) in [7, 11) is 3.93. The van der Waals surface area contributed by atoms with Crippen LogP contribution in [0.3, 0.4) is 0 Å². The lowest BCUT2D eigenvalue weighted by Crippen LogP contribution is -2.31. The highest BCUT2D eigenvalue weighted by Gasteiger charge is 2.02. The van der Waals surface area contributed by atoms with E-state index in [1.165, 1.54) is 11.1 Å². The van der Waals surface area contributed by atoms with Crippen molar-refractivity contribution < 1.29 is 4.94 Å². The van der Waals surface area contributed by atoms with Gasteiger partial charge in [0.25, 0.3) is 0 Å². The van der Waals surface area contributed by atoms with E-state index in [0.29, 0.717) is 0 Å². The average molecular weight is 336 g/mol. The largest absolute Gasteiger partial charge is 0.209 e. The highest BCUT2D eigenvalue weighted by molar-refractivity contribution is 5.49. The van der Waals surface area contributed by atoms with Crippen LogP contribution in [-0.4, -0.2) is 37.3 Å². The van der Waals surface area contributed by atoms with E-state index < -0.39 is 0 Å². The monoisotopic (exact) mass is 336 g/mol. The Balaban J connectivity index is 1.59. The standard InChI is InChI=1S/C22H28N2O/c1-23(19-11-9-17-21-13-5-3-6-14-21)25-24(2)20-12-10-18-22-15-7-4-8-16-22/h3-10,13-18H,11-12,19-20H2,1-2H3. The van der Waals surface area contributed by atoms with Gasteiger partial charge in [-0.15, -0.1) is 0 Å². The summed E-state index contributed by atoms with van der Waals surface area (Å²) in [6.07, 6.45) is 10.5. The fraction of sp³-hybridized carbons (Fsp3) is 0.273. The quantitative estimate of drug-likeness (QED) is 0.574. The third kappa shape index (κ3) is 8.45.